The number of pyridine rings is 1. The van der Waals surface area contributed by atoms with Gasteiger partial charge in [-0.2, -0.15) is 0 Å². The molecule has 6 heteroatoms. The Kier molecular flexibility index (Phi) is 5.54. The topological polar surface area (TPSA) is 79.7 Å². The van der Waals surface area contributed by atoms with Gasteiger partial charge in [0.2, 0.25) is 0 Å². The van der Waals surface area contributed by atoms with Crippen LogP contribution in [0.2, 0.25) is 0 Å². The second-order valence-electron chi connectivity index (χ2n) is 8.38. The van der Waals surface area contributed by atoms with Crippen LogP contribution in [0.4, 0.5) is 0 Å². The molecule has 154 valence electrons. The second-order valence-corrected chi connectivity index (χ2v) is 8.38. The van der Waals surface area contributed by atoms with Gasteiger partial charge in [-0.25, -0.2) is 0 Å². The van der Waals surface area contributed by atoms with Crippen molar-refractivity contribution in [2.24, 2.45) is 0 Å². The van der Waals surface area contributed by atoms with Gasteiger partial charge in [0, 0.05) is 36.7 Å². The van der Waals surface area contributed by atoms with Crippen molar-refractivity contribution >= 4 is 22.8 Å². The first-order chi connectivity index (χ1) is 13.9. The van der Waals surface area contributed by atoms with Crippen LogP contribution in [0.25, 0.3) is 10.9 Å². The minimum atomic E-state index is -0.903. The van der Waals surface area contributed by atoms with Crippen LogP contribution in [0.15, 0.2) is 18.2 Å². The van der Waals surface area contributed by atoms with Gasteiger partial charge >= 0.3 is 5.97 Å². The molecule has 1 aromatic heterocycles. The molecule has 2 aromatic rings. The van der Waals surface area contributed by atoms with Crippen LogP contribution < -0.4 is 0 Å². The van der Waals surface area contributed by atoms with Crippen molar-refractivity contribution in [3.63, 3.8) is 0 Å². The molecule has 2 aliphatic rings. The second kappa shape index (κ2) is 8.11. The number of carboxylic acids is 1. The van der Waals surface area contributed by atoms with Gasteiger partial charge in [-0.15, -0.1) is 0 Å². The summed E-state index contributed by atoms with van der Waals surface area (Å²) in [7, 11) is 0. The number of rotatable bonds is 7. The normalized spacial score (nSPS) is 18.9. The zero-order valence-corrected chi connectivity index (χ0v) is 17.1. The maximum Gasteiger partial charge on any atom is 0.305 e. The lowest BCUT2D eigenvalue weighted by molar-refractivity contribution is -0.137. The number of fused-ring (bicyclic) bond motifs is 1. The Balaban J connectivity index is 1.74. The molecule has 1 saturated carbocycles. The van der Waals surface area contributed by atoms with Gasteiger partial charge in [0.15, 0.2) is 0 Å². The molecule has 1 unspecified atom stereocenters. The molecule has 0 bridgehead atoms. The zero-order valence-electron chi connectivity index (χ0n) is 17.1. The summed E-state index contributed by atoms with van der Waals surface area (Å²) in [5.41, 5.74) is 4.63. The van der Waals surface area contributed by atoms with Gasteiger partial charge in [-0.1, -0.05) is 11.6 Å². The Morgan fingerprint density at radius 3 is 2.66 bits per heavy atom. The number of aromatic nitrogens is 1. The predicted molar refractivity (Wildman–Crippen MR) is 110 cm³/mol. The minimum absolute atomic E-state index is 0.0211. The number of nitrogens with zero attached hydrogens (tertiary/aromatic N) is 2. The largest absolute Gasteiger partial charge is 0.481 e. The molecule has 6 nitrogen and oxygen atoms in total. The number of hydrogen-bond donors (Lipinski definition) is 1. The highest BCUT2D eigenvalue weighted by molar-refractivity contribution is 6.07. The van der Waals surface area contributed by atoms with Crippen molar-refractivity contribution < 1.29 is 19.4 Å². The van der Waals surface area contributed by atoms with Gasteiger partial charge < -0.3 is 14.7 Å². The molecule has 0 radical (unpaired) electrons. The fraction of sp³-hybridized carbons (Fsp3) is 0.522. The molecule has 29 heavy (non-hydrogen) atoms. The van der Waals surface area contributed by atoms with E-state index >= 15 is 0 Å². The van der Waals surface area contributed by atoms with Gasteiger partial charge in [0.05, 0.1) is 23.6 Å². The standard InChI is InChI=1S/C23H28N2O4/c1-14-10-15(2)22-18(11-14)19(12-20(24-22)16-5-6-16)23(28)25(8-7-21(26)27)13-17-4-3-9-29-17/h10-12,16-17H,3-9,13H2,1-2H3,(H,26,27). The van der Waals surface area contributed by atoms with Gasteiger partial charge in [0.1, 0.15) is 0 Å². The number of benzene rings is 1. The number of aliphatic carboxylic acids is 1. The van der Waals surface area contributed by atoms with E-state index in [1.165, 1.54) is 0 Å². The Hall–Kier alpha value is -2.47. The van der Waals surface area contributed by atoms with E-state index in [2.05, 4.69) is 6.07 Å². The van der Waals surface area contributed by atoms with Crippen LogP contribution in [-0.4, -0.2) is 52.7 Å². The highest BCUT2D eigenvalue weighted by Crippen LogP contribution is 2.40. The average molecular weight is 396 g/mol. The lowest BCUT2D eigenvalue weighted by Gasteiger charge is -2.26. The molecule has 2 fully saturated rings. The first kappa shape index (κ1) is 19.8. The first-order valence-electron chi connectivity index (χ1n) is 10.5. The number of ether oxygens (including phenoxy) is 1. The summed E-state index contributed by atoms with van der Waals surface area (Å²) in [5.74, 6) is -0.599. The van der Waals surface area contributed by atoms with E-state index in [0.29, 0.717) is 24.6 Å². The van der Waals surface area contributed by atoms with Crippen LogP contribution in [-0.2, 0) is 9.53 Å². The maximum atomic E-state index is 13.6. The SMILES string of the molecule is Cc1cc(C)c2nc(C3CC3)cc(C(=O)N(CCC(=O)O)CC3CCCO3)c2c1. The van der Waals surface area contributed by atoms with E-state index in [9.17, 15) is 9.59 Å². The highest BCUT2D eigenvalue weighted by Gasteiger charge is 2.30. The number of carbonyl (C=O) groups excluding carboxylic acids is 1. The highest BCUT2D eigenvalue weighted by atomic mass is 16.5. The predicted octanol–water partition coefficient (Wildman–Crippen LogP) is 3.82. The zero-order chi connectivity index (χ0) is 20.5. The van der Waals surface area contributed by atoms with E-state index < -0.39 is 5.97 Å². The molecule has 4 rings (SSSR count). The molecular formula is C23H28N2O4. The first-order valence-corrected chi connectivity index (χ1v) is 10.5. The van der Waals surface area contributed by atoms with Crippen molar-refractivity contribution in [2.75, 3.05) is 19.7 Å². The molecule has 1 aliphatic carbocycles. The third-order valence-corrected chi connectivity index (χ3v) is 5.82. The molecule has 1 saturated heterocycles. The molecular weight excluding hydrogens is 368 g/mol. The van der Waals surface area contributed by atoms with Gasteiger partial charge in [-0.3, -0.25) is 14.6 Å². The molecule has 1 aromatic carbocycles. The Morgan fingerprint density at radius 2 is 2.00 bits per heavy atom. The van der Waals surface area contributed by atoms with Crippen LogP contribution in [0, 0.1) is 13.8 Å². The minimum Gasteiger partial charge on any atom is -0.481 e. The van der Waals surface area contributed by atoms with E-state index in [4.69, 9.17) is 14.8 Å². The van der Waals surface area contributed by atoms with Crippen molar-refractivity contribution in [1.29, 1.82) is 0 Å². The van der Waals surface area contributed by atoms with E-state index in [1.807, 2.05) is 26.0 Å². The fourth-order valence-corrected chi connectivity index (χ4v) is 4.18. The Bertz CT molecular complexity index is 946. The smallest absolute Gasteiger partial charge is 0.305 e. The maximum absolute atomic E-state index is 13.6. The van der Waals surface area contributed by atoms with Crippen LogP contribution in [0.3, 0.4) is 0 Å². The lowest BCUT2D eigenvalue weighted by Crippen LogP contribution is -2.39. The Morgan fingerprint density at radius 1 is 1.21 bits per heavy atom. The monoisotopic (exact) mass is 396 g/mol. The van der Waals surface area contributed by atoms with Gasteiger partial charge in [0.25, 0.3) is 5.91 Å². The van der Waals surface area contributed by atoms with Crippen molar-refractivity contribution in [3.05, 3.63) is 40.6 Å². The number of aryl methyl sites for hydroxylation is 2. The molecule has 1 atom stereocenters. The summed E-state index contributed by atoms with van der Waals surface area (Å²) in [4.78, 5) is 31.3. The van der Waals surface area contributed by atoms with Gasteiger partial charge in [-0.05, 0) is 57.2 Å². The van der Waals surface area contributed by atoms with E-state index in [-0.39, 0.29) is 25.0 Å². The van der Waals surface area contributed by atoms with Crippen LogP contribution >= 0.6 is 0 Å². The number of carboxylic acid groups (broad SMARTS) is 1. The lowest BCUT2D eigenvalue weighted by atomic mass is 9.99. The summed E-state index contributed by atoms with van der Waals surface area (Å²) in [6, 6.07) is 6.04. The van der Waals surface area contributed by atoms with Crippen LogP contribution in [0.5, 0.6) is 0 Å². The van der Waals surface area contributed by atoms with Crippen molar-refractivity contribution in [1.82, 2.24) is 9.88 Å². The summed E-state index contributed by atoms with van der Waals surface area (Å²) in [6.07, 6.45) is 4.00. The summed E-state index contributed by atoms with van der Waals surface area (Å²) in [6.45, 7) is 5.36. The molecule has 0 spiro atoms. The van der Waals surface area contributed by atoms with Crippen LogP contribution in [0.1, 0.15) is 65.2 Å². The summed E-state index contributed by atoms with van der Waals surface area (Å²) >= 11 is 0. The number of amides is 1. The van der Waals surface area contributed by atoms with Crippen molar-refractivity contribution in [2.45, 2.75) is 58.0 Å². The third kappa shape index (κ3) is 4.42. The van der Waals surface area contributed by atoms with E-state index in [1.54, 1.807) is 4.90 Å². The fourth-order valence-electron chi connectivity index (χ4n) is 4.18. The molecule has 1 aliphatic heterocycles. The third-order valence-electron chi connectivity index (χ3n) is 5.82. The summed E-state index contributed by atoms with van der Waals surface area (Å²) in [5, 5.41) is 10.0. The molecule has 1 amide bonds. The molecule has 2 heterocycles. The molecule has 1 N–H and O–H groups in total. The Labute approximate surface area is 170 Å². The number of carbonyl (C=O) groups is 2. The van der Waals surface area contributed by atoms with Crippen molar-refractivity contribution in [3.8, 4) is 0 Å². The van der Waals surface area contributed by atoms with E-state index in [0.717, 1.165) is 53.4 Å². The quantitative estimate of drug-likeness (QED) is 0.769. The average Bonchev–Trinajstić information content (AvgIpc) is 3.40. The number of hydrogen-bond acceptors (Lipinski definition) is 4. The summed E-state index contributed by atoms with van der Waals surface area (Å²) < 4.78 is 5.72.